The van der Waals surface area contributed by atoms with Crippen LogP contribution in [-0.4, -0.2) is 23.1 Å². The van der Waals surface area contributed by atoms with Crippen molar-refractivity contribution in [2.75, 3.05) is 18.0 Å². The number of hydrogen-bond donors (Lipinski definition) is 0. The molecule has 1 fully saturated rings. The van der Waals surface area contributed by atoms with Gasteiger partial charge in [-0.2, -0.15) is 0 Å². The summed E-state index contributed by atoms with van der Waals surface area (Å²) in [7, 11) is 0. The molecule has 1 saturated heterocycles. The Balaban J connectivity index is 2.08. The molecule has 4 heteroatoms. The molecule has 1 aliphatic rings. The molecule has 0 radical (unpaired) electrons. The van der Waals surface area contributed by atoms with Crippen molar-refractivity contribution in [2.24, 2.45) is 5.92 Å². The Morgan fingerprint density at radius 2 is 2.14 bits per heavy atom. The molecule has 2 rings (SSSR count). The van der Waals surface area contributed by atoms with Crippen molar-refractivity contribution in [2.45, 2.75) is 19.8 Å². The second kappa shape index (κ2) is 4.13. The summed E-state index contributed by atoms with van der Waals surface area (Å²) >= 11 is 5.81. The highest BCUT2D eigenvalue weighted by Gasteiger charge is 2.17. The highest BCUT2D eigenvalue weighted by molar-refractivity contribution is 6.29. The SMILES string of the molecule is CC1CCN(c2nccc(Cl)n2)CC1. The Hall–Kier alpha value is -0.830. The van der Waals surface area contributed by atoms with Crippen molar-refractivity contribution in [1.29, 1.82) is 0 Å². The minimum absolute atomic E-state index is 0.522. The van der Waals surface area contributed by atoms with Crippen molar-refractivity contribution in [1.82, 2.24) is 9.97 Å². The maximum absolute atomic E-state index is 5.81. The molecule has 0 bridgehead atoms. The van der Waals surface area contributed by atoms with Gasteiger partial charge in [0.15, 0.2) is 0 Å². The van der Waals surface area contributed by atoms with Gasteiger partial charge in [0.05, 0.1) is 0 Å². The first-order valence-electron chi connectivity index (χ1n) is 4.99. The van der Waals surface area contributed by atoms with Crippen molar-refractivity contribution >= 4 is 17.5 Å². The largest absolute Gasteiger partial charge is 0.341 e. The van der Waals surface area contributed by atoms with E-state index in [1.807, 2.05) is 0 Å². The number of halogens is 1. The van der Waals surface area contributed by atoms with Gasteiger partial charge < -0.3 is 4.90 Å². The number of anilines is 1. The normalized spacial score (nSPS) is 18.6. The third-order valence-corrected chi connectivity index (χ3v) is 2.89. The van der Waals surface area contributed by atoms with Crippen molar-refractivity contribution in [3.05, 3.63) is 17.4 Å². The van der Waals surface area contributed by atoms with Crippen LogP contribution in [0.5, 0.6) is 0 Å². The second-order valence-corrected chi connectivity index (χ2v) is 4.24. The molecule has 2 heterocycles. The number of hydrogen-bond acceptors (Lipinski definition) is 3. The van der Waals surface area contributed by atoms with E-state index in [1.54, 1.807) is 12.3 Å². The average Bonchev–Trinajstić information content (AvgIpc) is 2.19. The highest BCUT2D eigenvalue weighted by Crippen LogP contribution is 2.20. The minimum Gasteiger partial charge on any atom is -0.341 e. The van der Waals surface area contributed by atoms with E-state index in [4.69, 9.17) is 11.6 Å². The van der Waals surface area contributed by atoms with Gasteiger partial charge in [-0.3, -0.25) is 0 Å². The first-order chi connectivity index (χ1) is 6.75. The van der Waals surface area contributed by atoms with Crippen LogP contribution >= 0.6 is 11.6 Å². The summed E-state index contributed by atoms with van der Waals surface area (Å²) in [6.07, 6.45) is 4.15. The molecule has 1 aliphatic heterocycles. The first-order valence-corrected chi connectivity index (χ1v) is 5.37. The van der Waals surface area contributed by atoms with Gasteiger partial charge in [-0.1, -0.05) is 18.5 Å². The maximum Gasteiger partial charge on any atom is 0.226 e. The molecule has 0 N–H and O–H groups in total. The second-order valence-electron chi connectivity index (χ2n) is 3.85. The molecule has 3 nitrogen and oxygen atoms in total. The van der Waals surface area contributed by atoms with Crippen LogP contribution in [0.1, 0.15) is 19.8 Å². The fraction of sp³-hybridized carbons (Fsp3) is 0.600. The van der Waals surface area contributed by atoms with Crippen LogP contribution in [0, 0.1) is 5.92 Å². The molecule has 0 amide bonds. The zero-order valence-corrected chi connectivity index (χ0v) is 9.04. The fourth-order valence-corrected chi connectivity index (χ4v) is 1.82. The van der Waals surface area contributed by atoms with E-state index in [9.17, 15) is 0 Å². The lowest BCUT2D eigenvalue weighted by atomic mass is 10.00. The van der Waals surface area contributed by atoms with Crippen molar-refractivity contribution in [3.8, 4) is 0 Å². The lowest BCUT2D eigenvalue weighted by Gasteiger charge is -2.30. The van der Waals surface area contributed by atoms with Crippen LogP contribution < -0.4 is 4.90 Å². The van der Waals surface area contributed by atoms with Crippen LogP contribution in [0.4, 0.5) is 5.95 Å². The van der Waals surface area contributed by atoms with Crippen LogP contribution in [0.2, 0.25) is 5.15 Å². The predicted molar refractivity (Wildman–Crippen MR) is 57.7 cm³/mol. The molecule has 14 heavy (non-hydrogen) atoms. The molecule has 0 aromatic carbocycles. The van der Waals surface area contributed by atoms with Crippen LogP contribution in [-0.2, 0) is 0 Å². The molecule has 0 spiro atoms. The number of aromatic nitrogens is 2. The summed E-state index contributed by atoms with van der Waals surface area (Å²) in [5, 5.41) is 0.522. The Morgan fingerprint density at radius 3 is 2.79 bits per heavy atom. The molecule has 1 aromatic rings. The monoisotopic (exact) mass is 211 g/mol. The number of piperidine rings is 1. The smallest absolute Gasteiger partial charge is 0.226 e. The summed E-state index contributed by atoms with van der Waals surface area (Å²) in [4.78, 5) is 10.6. The number of rotatable bonds is 1. The zero-order chi connectivity index (χ0) is 9.97. The molecule has 0 atom stereocenters. The van der Waals surface area contributed by atoms with E-state index in [1.165, 1.54) is 12.8 Å². The quantitative estimate of drug-likeness (QED) is 0.668. The molecule has 1 aromatic heterocycles. The standard InChI is InChI=1S/C10H14ClN3/c1-8-3-6-14(7-4-8)10-12-5-2-9(11)13-10/h2,5,8H,3-4,6-7H2,1H3. The summed E-state index contributed by atoms with van der Waals surface area (Å²) in [6.45, 7) is 4.37. The molecule has 0 aliphatic carbocycles. The third-order valence-electron chi connectivity index (χ3n) is 2.68. The summed E-state index contributed by atoms with van der Waals surface area (Å²) < 4.78 is 0. The molecular weight excluding hydrogens is 198 g/mol. The Labute approximate surface area is 89.1 Å². The van der Waals surface area contributed by atoms with Gasteiger partial charge >= 0.3 is 0 Å². The lowest BCUT2D eigenvalue weighted by Crippen LogP contribution is -2.34. The van der Waals surface area contributed by atoms with E-state index >= 15 is 0 Å². The average molecular weight is 212 g/mol. The van der Waals surface area contributed by atoms with E-state index in [-0.39, 0.29) is 0 Å². The lowest BCUT2D eigenvalue weighted by molar-refractivity contribution is 0.434. The Morgan fingerprint density at radius 1 is 1.43 bits per heavy atom. The van der Waals surface area contributed by atoms with Crippen LogP contribution in [0.15, 0.2) is 12.3 Å². The summed E-state index contributed by atoms with van der Waals surface area (Å²) in [6, 6.07) is 1.71. The number of nitrogens with zero attached hydrogens (tertiary/aromatic N) is 3. The molecular formula is C10H14ClN3. The van der Waals surface area contributed by atoms with Crippen molar-refractivity contribution < 1.29 is 0 Å². The Kier molecular flexibility index (Phi) is 2.87. The first kappa shape index (κ1) is 9.71. The van der Waals surface area contributed by atoms with Gasteiger partial charge in [-0.25, -0.2) is 9.97 Å². The van der Waals surface area contributed by atoms with E-state index < -0.39 is 0 Å². The summed E-state index contributed by atoms with van der Waals surface area (Å²) in [5.74, 6) is 1.59. The zero-order valence-electron chi connectivity index (χ0n) is 8.28. The van der Waals surface area contributed by atoms with Gasteiger partial charge in [0.2, 0.25) is 5.95 Å². The Bertz CT molecular complexity index is 308. The topological polar surface area (TPSA) is 29.0 Å². The predicted octanol–water partition coefficient (Wildman–Crippen LogP) is 2.37. The van der Waals surface area contributed by atoms with Crippen LogP contribution in [0.3, 0.4) is 0 Å². The van der Waals surface area contributed by atoms with E-state index in [2.05, 4.69) is 21.8 Å². The molecule has 0 saturated carbocycles. The van der Waals surface area contributed by atoms with E-state index in [0.717, 1.165) is 25.0 Å². The van der Waals surface area contributed by atoms with Gasteiger partial charge in [0, 0.05) is 19.3 Å². The molecule has 0 unspecified atom stereocenters. The van der Waals surface area contributed by atoms with Crippen LogP contribution in [0.25, 0.3) is 0 Å². The minimum atomic E-state index is 0.522. The van der Waals surface area contributed by atoms with E-state index in [0.29, 0.717) is 5.15 Å². The van der Waals surface area contributed by atoms with Gasteiger partial charge in [-0.15, -0.1) is 0 Å². The van der Waals surface area contributed by atoms with Gasteiger partial charge in [0.25, 0.3) is 0 Å². The summed E-state index contributed by atoms with van der Waals surface area (Å²) in [5.41, 5.74) is 0. The molecule has 76 valence electrons. The maximum atomic E-state index is 5.81. The highest BCUT2D eigenvalue weighted by atomic mass is 35.5. The van der Waals surface area contributed by atoms with Gasteiger partial charge in [-0.05, 0) is 24.8 Å². The third kappa shape index (κ3) is 2.15. The fourth-order valence-electron chi connectivity index (χ4n) is 1.69. The van der Waals surface area contributed by atoms with Gasteiger partial charge in [0.1, 0.15) is 5.15 Å². The van der Waals surface area contributed by atoms with Crippen molar-refractivity contribution in [3.63, 3.8) is 0 Å².